The van der Waals surface area contributed by atoms with Gasteiger partial charge in [-0.25, -0.2) is 0 Å². The summed E-state index contributed by atoms with van der Waals surface area (Å²) in [5.74, 6) is 1.31. The van der Waals surface area contributed by atoms with Crippen molar-refractivity contribution in [1.29, 1.82) is 0 Å². The fourth-order valence-corrected chi connectivity index (χ4v) is 15.6. The van der Waals surface area contributed by atoms with Gasteiger partial charge in [-0.05, 0) is 150 Å². The molecule has 9 nitrogen and oxygen atoms in total. The van der Waals surface area contributed by atoms with Gasteiger partial charge in [-0.1, -0.05) is 46.8 Å². The Kier molecular flexibility index (Phi) is 11.7. The molecule has 0 aromatic carbocycles. The minimum absolute atomic E-state index is 0.115. The van der Waals surface area contributed by atoms with Crippen molar-refractivity contribution in [1.82, 2.24) is 9.80 Å². The first-order valence-electron chi connectivity index (χ1n) is 23.0. The molecular weight excluding hydrogens is 717 g/mol. The van der Waals surface area contributed by atoms with Crippen LogP contribution in [-0.4, -0.2) is 97.5 Å². The van der Waals surface area contributed by atoms with E-state index < -0.39 is 17.4 Å². The lowest BCUT2D eigenvalue weighted by atomic mass is 9.32. The van der Waals surface area contributed by atoms with Crippen LogP contribution >= 0.6 is 0 Å². The smallest absolute Gasteiger partial charge is 0.309 e. The molecule has 1 amide bonds. The molecule has 7 rings (SSSR count). The number of esters is 1. The van der Waals surface area contributed by atoms with Crippen LogP contribution in [0.4, 0.5) is 0 Å². The van der Waals surface area contributed by atoms with Gasteiger partial charge in [-0.15, -0.1) is 0 Å². The Morgan fingerprint density at radius 1 is 0.842 bits per heavy atom. The first-order valence-corrected chi connectivity index (χ1v) is 23.0. The van der Waals surface area contributed by atoms with Crippen molar-refractivity contribution in [2.75, 3.05) is 46.5 Å². The molecule has 1 N–H and O–H groups in total. The zero-order chi connectivity index (χ0) is 41.3. The number of fused-ring (bicyclic) bond motifs is 7. The molecule has 0 aromatic heterocycles. The fraction of sp³-hybridized carbons (Fsp3) is 0.896. The van der Waals surface area contributed by atoms with Crippen molar-refractivity contribution in [2.45, 2.75) is 164 Å². The second-order valence-electron chi connectivity index (χ2n) is 22.4. The fourth-order valence-electron chi connectivity index (χ4n) is 15.6. The van der Waals surface area contributed by atoms with E-state index in [-0.39, 0.29) is 51.7 Å². The number of hydrogen-bond donors (Lipinski definition) is 1. The average molecular weight is 795 g/mol. The van der Waals surface area contributed by atoms with Crippen molar-refractivity contribution in [3.63, 3.8) is 0 Å². The van der Waals surface area contributed by atoms with Gasteiger partial charge < -0.3 is 24.2 Å². The highest BCUT2D eigenvalue weighted by Crippen LogP contribution is 2.78. The molecule has 9 heteroatoms. The molecule has 0 spiro atoms. The van der Waals surface area contributed by atoms with E-state index in [9.17, 15) is 14.7 Å². The molecule has 0 unspecified atom stereocenters. The SMILES string of the molecule is C=C(C)[C@@H]1CC[C@]2(C(=O)N3CCC[C@H]3CN3CC[C@@H](OCCOC)C3)CC[C@]3(C)[C@H](CC[C@@H]4[C@@]5(C)CC[C@H](OC(=O)CC(C)(C)C(=O)O)C(C)(C)[C@@H]5CC[C@]43C)[C@@H]12. The highest BCUT2D eigenvalue weighted by molar-refractivity contribution is 5.84. The zero-order valence-electron chi connectivity index (χ0n) is 37.3. The standard InChI is InChI=1S/C48H78N2O7/c1-31(2)34-15-21-48(41(52)50-24-11-12-32(50)29-49-25-18-33(30-49)56-27-26-55-10)23-22-46(8)35(40(34)48)13-14-37-45(7)19-17-38(57-39(51)28-43(3,4)42(53)54)44(5,6)36(45)16-20-47(37,46)9/h32-38,40H,1,11-30H2,2-10H3,(H,53,54)/t32-,33+,34-,35+,36-,37+,38-,40+,45-,46+,47+,48-/m0/s1. The summed E-state index contributed by atoms with van der Waals surface area (Å²) >= 11 is 0. The van der Waals surface area contributed by atoms with Crippen LogP contribution < -0.4 is 0 Å². The third-order valence-electron chi connectivity index (χ3n) is 18.8. The predicted molar refractivity (Wildman–Crippen MR) is 222 cm³/mol. The highest BCUT2D eigenvalue weighted by Gasteiger charge is 2.72. The second-order valence-corrected chi connectivity index (χ2v) is 22.4. The number of carbonyl (C=O) groups is 3. The summed E-state index contributed by atoms with van der Waals surface area (Å²) in [7, 11) is 1.72. The second kappa shape index (κ2) is 15.5. The molecule has 2 saturated heterocycles. The number of carboxylic acids is 1. The Morgan fingerprint density at radius 3 is 2.30 bits per heavy atom. The Hall–Kier alpha value is -1.97. The summed E-state index contributed by atoms with van der Waals surface area (Å²) < 4.78 is 17.5. The number of hydrogen-bond acceptors (Lipinski definition) is 7. The van der Waals surface area contributed by atoms with E-state index >= 15 is 4.79 Å². The van der Waals surface area contributed by atoms with Crippen LogP contribution in [0.3, 0.4) is 0 Å². The Bertz CT molecular complexity index is 1560. The van der Waals surface area contributed by atoms with Gasteiger partial charge >= 0.3 is 11.9 Å². The third-order valence-corrected chi connectivity index (χ3v) is 18.8. The van der Waals surface area contributed by atoms with E-state index in [1.165, 1.54) is 18.4 Å². The van der Waals surface area contributed by atoms with Crippen molar-refractivity contribution in [2.24, 2.45) is 62.1 Å². The van der Waals surface area contributed by atoms with E-state index in [1.807, 2.05) is 0 Å². The van der Waals surface area contributed by atoms with Crippen molar-refractivity contribution in [3.05, 3.63) is 12.2 Å². The van der Waals surface area contributed by atoms with E-state index in [1.54, 1.807) is 21.0 Å². The first kappa shape index (κ1) is 43.1. The normalized spacial score (nSPS) is 42.8. The minimum atomic E-state index is -1.15. The van der Waals surface area contributed by atoms with Gasteiger partial charge in [-0.2, -0.15) is 0 Å². The number of allylic oxidation sites excluding steroid dienone is 1. The Balaban J connectivity index is 1.10. The minimum Gasteiger partial charge on any atom is -0.481 e. The predicted octanol–water partition coefficient (Wildman–Crippen LogP) is 8.79. The molecular formula is C48H78N2O7. The number of carboxylic acid groups (broad SMARTS) is 1. The molecule has 0 bridgehead atoms. The monoisotopic (exact) mass is 795 g/mol. The number of nitrogens with zero attached hydrogens (tertiary/aromatic N) is 2. The van der Waals surface area contributed by atoms with Crippen LogP contribution in [0.5, 0.6) is 0 Å². The number of rotatable bonds is 12. The number of ether oxygens (including phenoxy) is 3. The third kappa shape index (κ3) is 7.05. The van der Waals surface area contributed by atoms with E-state index in [0.29, 0.717) is 48.7 Å². The van der Waals surface area contributed by atoms with Crippen LogP contribution in [0, 0.1) is 62.1 Å². The van der Waals surface area contributed by atoms with Crippen LogP contribution in [0.1, 0.15) is 145 Å². The average Bonchev–Trinajstić information content (AvgIpc) is 3.89. The molecule has 5 saturated carbocycles. The number of aliphatic carboxylic acids is 1. The Labute approximate surface area is 344 Å². The summed E-state index contributed by atoms with van der Waals surface area (Å²) in [5.41, 5.74) is 0.0203. The molecule has 2 heterocycles. The summed E-state index contributed by atoms with van der Waals surface area (Å²) in [5, 5.41) is 9.66. The largest absolute Gasteiger partial charge is 0.481 e. The number of likely N-dealkylation sites (tertiary alicyclic amines) is 2. The van der Waals surface area contributed by atoms with E-state index in [4.69, 9.17) is 14.2 Å². The lowest BCUT2D eigenvalue weighted by molar-refractivity contribution is -0.250. The summed E-state index contributed by atoms with van der Waals surface area (Å²) in [4.78, 5) is 45.3. The van der Waals surface area contributed by atoms with Crippen molar-refractivity contribution < 1.29 is 33.7 Å². The molecule has 7 aliphatic rings. The maximum Gasteiger partial charge on any atom is 0.309 e. The van der Waals surface area contributed by atoms with Crippen LogP contribution in [0.25, 0.3) is 0 Å². The maximum absolute atomic E-state index is 15.4. The molecule has 0 aromatic rings. The summed E-state index contributed by atoms with van der Waals surface area (Å²) in [6, 6.07) is 0.285. The van der Waals surface area contributed by atoms with Crippen LogP contribution in [0.2, 0.25) is 0 Å². The molecule has 0 radical (unpaired) electrons. The lowest BCUT2D eigenvalue weighted by Crippen LogP contribution is -2.67. The number of carbonyl (C=O) groups excluding carboxylic acids is 2. The van der Waals surface area contributed by atoms with Gasteiger partial charge in [0.25, 0.3) is 0 Å². The summed E-state index contributed by atoms with van der Waals surface area (Å²) in [6.45, 7) is 27.6. The molecule has 322 valence electrons. The quantitative estimate of drug-likeness (QED) is 0.119. The van der Waals surface area contributed by atoms with Gasteiger partial charge in [0, 0.05) is 44.7 Å². The zero-order valence-corrected chi connectivity index (χ0v) is 37.3. The molecule has 57 heavy (non-hydrogen) atoms. The lowest BCUT2D eigenvalue weighted by Gasteiger charge is -2.73. The molecule has 12 atom stereocenters. The van der Waals surface area contributed by atoms with E-state index in [0.717, 1.165) is 96.8 Å². The van der Waals surface area contributed by atoms with Gasteiger partial charge in [-0.3, -0.25) is 19.3 Å². The number of amides is 1. The number of methoxy groups -OCH3 is 1. The van der Waals surface area contributed by atoms with E-state index in [2.05, 4.69) is 57.9 Å². The van der Waals surface area contributed by atoms with Gasteiger partial charge in [0.15, 0.2) is 0 Å². The molecule has 2 aliphatic heterocycles. The van der Waals surface area contributed by atoms with Crippen LogP contribution in [-0.2, 0) is 28.6 Å². The van der Waals surface area contributed by atoms with Gasteiger partial charge in [0.05, 0.1) is 36.6 Å². The van der Waals surface area contributed by atoms with Gasteiger partial charge in [0.1, 0.15) is 6.10 Å². The van der Waals surface area contributed by atoms with Crippen molar-refractivity contribution in [3.8, 4) is 0 Å². The summed E-state index contributed by atoms with van der Waals surface area (Å²) in [6.07, 6.45) is 13.8. The molecule has 7 fully saturated rings. The first-order chi connectivity index (χ1) is 26.7. The van der Waals surface area contributed by atoms with Gasteiger partial charge in [0.2, 0.25) is 5.91 Å². The van der Waals surface area contributed by atoms with Crippen LogP contribution in [0.15, 0.2) is 12.2 Å². The Morgan fingerprint density at radius 2 is 1.60 bits per heavy atom. The highest BCUT2D eigenvalue weighted by atomic mass is 16.5. The van der Waals surface area contributed by atoms with Crippen molar-refractivity contribution >= 4 is 17.8 Å². The topological polar surface area (TPSA) is 106 Å². The molecule has 5 aliphatic carbocycles. The maximum atomic E-state index is 15.4.